The van der Waals surface area contributed by atoms with E-state index in [1.165, 1.54) is 11.1 Å². The first-order valence-corrected chi connectivity index (χ1v) is 11.2. The Bertz CT molecular complexity index is 1050. The molecule has 2 aliphatic rings. The number of hydrogen-bond acceptors (Lipinski definition) is 3. The van der Waals surface area contributed by atoms with Crippen molar-refractivity contribution in [3.8, 4) is 11.8 Å². The van der Waals surface area contributed by atoms with Crippen LogP contribution in [-0.2, 0) is 11.8 Å². The van der Waals surface area contributed by atoms with Crippen LogP contribution >= 0.6 is 0 Å². The summed E-state index contributed by atoms with van der Waals surface area (Å²) < 4.78 is 5.68. The van der Waals surface area contributed by atoms with E-state index in [1.54, 1.807) is 0 Å². The molecule has 0 radical (unpaired) electrons. The molecule has 2 aliphatic heterocycles. The van der Waals surface area contributed by atoms with E-state index >= 15 is 0 Å². The maximum atomic E-state index is 10.6. The average Bonchev–Trinajstić information content (AvgIpc) is 3.51. The van der Waals surface area contributed by atoms with Crippen molar-refractivity contribution in [2.45, 2.75) is 31.2 Å². The van der Waals surface area contributed by atoms with Crippen LogP contribution in [0.5, 0.6) is 5.75 Å². The third-order valence-electron chi connectivity index (χ3n) is 7.21. The zero-order valence-electron chi connectivity index (χ0n) is 18.0. The van der Waals surface area contributed by atoms with E-state index in [1.807, 2.05) is 36.4 Å². The van der Waals surface area contributed by atoms with Crippen molar-refractivity contribution >= 4 is 0 Å². The van der Waals surface area contributed by atoms with Crippen LogP contribution in [0.1, 0.15) is 41.6 Å². The molecule has 0 N–H and O–H groups in total. The highest BCUT2D eigenvalue weighted by Gasteiger charge is 2.46. The van der Waals surface area contributed by atoms with Gasteiger partial charge in [-0.1, -0.05) is 72.8 Å². The Morgan fingerprint density at radius 2 is 1.68 bits per heavy atom. The SMILES string of the molecule is C[C@@H](c1ccc2c(c1)CCO2)N1CC[C@@H](C(C#N)(c2ccccc2)c2ccccc2)C1. The molecule has 3 nitrogen and oxygen atoms in total. The van der Waals surface area contributed by atoms with Gasteiger partial charge in [-0.2, -0.15) is 5.26 Å². The normalized spacial score (nSPS) is 19.4. The van der Waals surface area contributed by atoms with Gasteiger partial charge >= 0.3 is 0 Å². The summed E-state index contributed by atoms with van der Waals surface area (Å²) >= 11 is 0. The quantitative estimate of drug-likeness (QED) is 0.558. The molecule has 3 aromatic carbocycles. The van der Waals surface area contributed by atoms with Crippen LogP contribution in [0.4, 0.5) is 0 Å². The Labute approximate surface area is 184 Å². The zero-order valence-corrected chi connectivity index (χ0v) is 18.0. The highest BCUT2D eigenvalue weighted by molar-refractivity contribution is 5.47. The lowest BCUT2D eigenvalue weighted by atomic mass is 9.66. The van der Waals surface area contributed by atoms with E-state index in [0.29, 0.717) is 6.04 Å². The first-order valence-electron chi connectivity index (χ1n) is 11.2. The second kappa shape index (κ2) is 8.21. The van der Waals surface area contributed by atoms with Crippen molar-refractivity contribution < 1.29 is 4.74 Å². The number of ether oxygens (including phenoxy) is 1. The number of benzene rings is 3. The Morgan fingerprint density at radius 3 is 2.32 bits per heavy atom. The molecule has 0 aliphatic carbocycles. The van der Waals surface area contributed by atoms with Gasteiger partial charge in [0.15, 0.2) is 0 Å². The maximum absolute atomic E-state index is 10.6. The zero-order chi connectivity index (χ0) is 21.3. The highest BCUT2D eigenvalue weighted by Crippen LogP contribution is 2.44. The fourth-order valence-electron chi connectivity index (χ4n) is 5.43. The monoisotopic (exact) mass is 408 g/mol. The molecular weight excluding hydrogens is 380 g/mol. The van der Waals surface area contributed by atoms with Crippen LogP contribution in [0.25, 0.3) is 0 Å². The molecule has 0 unspecified atom stereocenters. The minimum Gasteiger partial charge on any atom is -0.493 e. The lowest BCUT2D eigenvalue weighted by Crippen LogP contribution is -2.37. The van der Waals surface area contributed by atoms with Gasteiger partial charge in [0.2, 0.25) is 0 Å². The van der Waals surface area contributed by atoms with E-state index < -0.39 is 5.41 Å². The summed E-state index contributed by atoms with van der Waals surface area (Å²) in [6, 6.07) is 30.4. The predicted octanol–water partition coefficient (Wildman–Crippen LogP) is 5.51. The Kier molecular flexibility index (Phi) is 5.26. The number of likely N-dealkylation sites (tertiary alicyclic amines) is 1. The molecule has 0 aromatic heterocycles. The van der Waals surface area contributed by atoms with E-state index in [-0.39, 0.29) is 5.92 Å². The van der Waals surface area contributed by atoms with Gasteiger partial charge in [0, 0.05) is 19.0 Å². The maximum Gasteiger partial charge on any atom is 0.122 e. The lowest BCUT2D eigenvalue weighted by Gasteiger charge is -2.35. The first kappa shape index (κ1) is 19.8. The third-order valence-corrected chi connectivity index (χ3v) is 7.21. The van der Waals surface area contributed by atoms with Crippen LogP contribution in [0, 0.1) is 17.2 Å². The molecule has 0 bridgehead atoms. The average molecular weight is 409 g/mol. The number of fused-ring (bicyclic) bond motifs is 1. The molecule has 1 saturated heterocycles. The molecule has 1 fully saturated rings. The van der Waals surface area contributed by atoms with E-state index in [0.717, 1.165) is 49.4 Å². The van der Waals surface area contributed by atoms with E-state index in [2.05, 4.69) is 60.4 Å². The number of nitrogens with zero attached hydrogens (tertiary/aromatic N) is 2. The van der Waals surface area contributed by atoms with Crippen LogP contribution in [-0.4, -0.2) is 24.6 Å². The standard InChI is InChI=1S/C28H28N2O/c1-21(22-12-13-27-23(18-22)15-17-31-27)30-16-14-26(19-30)28(20-29,24-8-4-2-5-9-24)25-10-6-3-7-11-25/h2-13,18,21,26H,14-17,19H2,1H3/t21-,26+/m0/s1. The molecule has 31 heavy (non-hydrogen) atoms. The van der Waals surface area contributed by atoms with Crippen LogP contribution in [0.15, 0.2) is 78.9 Å². The van der Waals surface area contributed by atoms with Gasteiger partial charge < -0.3 is 4.74 Å². The molecule has 0 amide bonds. The topological polar surface area (TPSA) is 36.3 Å². The highest BCUT2D eigenvalue weighted by atomic mass is 16.5. The van der Waals surface area contributed by atoms with Crippen molar-refractivity contribution in [1.29, 1.82) is 5.26 Å². The lowest BCUT2D eigenvalue weighted by molar-refractivity contribution is 0.242. The second-order valence-electron chi connectivity index (χ2n) is 8.77. The summed E-state index contributed by atoms with van der Waals surface area (Å²) in [4.78, 5) is 2.54. The summed E-state index contributed by atoms with van der Waals surface area (Å²) in [7, 11) is 0. The minimum atomic E-state index is -0.636. The summed E-state index contributed by atoms with van der Waals surface area (Å²) in [6.45, 7) is 4.99. The summed E-state index contributed by atoms with van der Waals surface area (Å²) in [5, 5.41) is 10.6. The summed E-state index contributed by atoms with van der Waals surface area (Å²) in [5.41, 5.74) is 4.21. The van der Waals surface area contributed by atoms with Gasteiger partial charge in [-0.15, -0.1) is 0 Å². The van der Waals surface area contributed by atoms with Gasteiger partial charge in [0.1, 0.15) is 11.2 Å². The Balaban J connectivity index is 1.46. The van der Waals surface area contributed by atoms with Crippen LogP contribution < -0.4 is 4.74 Å². The van der Waals surface area contributed by atoms with Crippen LogP contribution in [0.2, 0.25) is 0 Å². The summed E-state index contributed by atoms with van der Waals surface area (Å²) in [6.07, 6.45) is 2.01. The van der Waals surface area contributed by atoms with Crippen molar-refractivity contribution in [3.05, 3.63) is 101 Å². The largest absolute Gasteiger partial charge is 0.493 e. The van der Waals surface area contributed by atoms with E-state index in [9.17, 15) is 5.26 Å². The smallest absolute Gasteiger partial charge is 0.122 e. The number of hydrogen-bond donors (Lipinski definition) is 0. The fraction of sp³-hybridized carbons (Fsp3) is 0.321. The molecule has 2 atom stereocenters. The van der Waals surface area contributed by atoms with E-state index in [4.69, 9.17) is 4.74 Å². The molecule has 2 heterocycles. The molecule has 156 valence electrons. The minimum absolute atomic E-state index is 0.238. The Morgan fingerprint density at radius 1 is 1.00 bits per heavy atom. The summed E-state index contributed by atoms with van der Waals surface area (Å²) in [5.74, 6) is 1.27. The van der Waals surface area contributed by atoms with Crippen LogP contribution in [0.3, 0.4) is 0 Å². The van der Waals surface area contributed by atoms with Gasteiger partial charge in [-0.05, 0) is 54.1 Å². The molecule has 5 rings (SSSR count). The van der Waals surface area contributed by atoms with Gasteiger partial charge in [-0.3, -0.25) is 4.90 Å². The van der Waals surface area contributed by atoms with Gasteiger partial charge in [-0.25, -0.2) is 0 Å². The van der Waals surface area contributed by atoms with Crippen molar-refractivity contribution in [1.82, 2.24) is 4.90 Å². The van der Waals surface area contributed by atoms with Crippen molar-refractivity contribution in [2.24, 2.45) is 5.92 Å². The fourth-order valence-corrected chi connectivity index (χ4v) is 5.43. The predicted molar refractivity (Wildman–Crippen MR) is 123 cm³/mol. The molecule has 0 saturated carbocycles. The van der Waals surface area contributed by atoms with Crippen molar-refractivity contribution in [2.75, 3.05) is 19.7 Å². The Hall–Kier alpha value is -3.09. The molecule has 3 aromatic rings. The van der Waals surface area contributed by atoms with Gasteiger partial charge in [0.05, 0.1) is 12.7 Å². The van der Waals surface area contributed by atoms with Crippen molar-refractivity contribution in [3.63, 3.8) is 0 Å². The molecule has 3 heteroatoms. The van der Waals surface area contributed by atoms with Gasteiger partial charge in [0.25, 0.3) is 0 Å². The number of rotatable bonds is 5. The number of nitriles is 1. The first-order chi connectivity index (χ1) is 15.2. The molecular formula is C28H28N2O. The molecule has 0 spiro atoms. The third kappa shape index (κ3) is 3.42. The second-order valence-corrected chi connectivity index (χ2v) is 8.77.